The lowest BCUT2D eigenvalue weighted by Gasteiger charge is -2.39. The van der Waals surface area contributed by atoms with Crippen molar-refractivity contribution in [3.8, 4) is 0 Å². The predicted octanol–water partition coefficient (Wildman–Crippen LogP) is 1.55. The van der Waals surface area contributed by atoms with Crippen molar-refractivity contribution >= 4 is 11.2 Å². The second-order valence-corrected chi connectivity index (χ2v) is 7.65. The van der Waals surface area contributed by atoms with Gasteiger partial charge in [-0.1, -0.05) is 0 Å². The first-order valence-corrected chi connectivity index (χ1v) is 8.85. The van der Waals surface area contributed by atoms with Crippen LogP contribution in [0.5, 0.6) is 0 Å². The molecule has 27 heavy (non-hydrogen) atoms. The van der Waals surface area contributed by atoms with Crippen LogP contribution in [0.25, 0.3) is 11.2 Å². The summed E-state index contributed by atoms with van der Waals surface area (Å²) < 4.78 is 43.0. The molecule has 1 atom stereocenters. The summed E-state index contributed by atoms with van der Waals surface area (Å²) in [7, 11) is 3.20. The Bertz CT molecular complexity index is 963. The number of aryl methyl sites for hydroxylation is 2. The molecule has 1 aliphatic rings. The Balaban J connectivity index is 1.82. The molecule has 7 nitrogen and oxygen atoms in total. The summed E-state index contributed by atoms with van der Waals surface area (Å²) in [4.78, 5) is 29.3. The van der Waals surface area contributed by atoms with Crippen LogP contribution in [-0.2, 0) is 20.6 Å². The molecule has 10 heteroatoms. The minimum atomic E-state index is -4.68. The van der Waals surface area contributed by atoms with Crippen LogP contribution < -0.4 is 11.2 Å². The number of aromatic nitrogens is 4. The second kappa shape index (κ2) is 6.50. The van der Waals surface area contributed by atoms with Gasteiger partial charge in [-0.05, 0) is 44.4 Å². The van der Waals surface area contributed by atoms with E-state index in [0.29, 0.717) is 24.0 Å². The van der Waals surface area contributed by atoms with Crippen molar-refractivity contribution in [2.24, 2.45) is 25.9 Å². The zero-order valence-corrected chi connectivity index (χ0v) is 15.5. The van der Waals surface area contributed by atoms with Crippen molar-refractivity contribution in [1.82, 2.24) is 18.7 Å². The molecule has 2 heterocycles. The second-order valence-electron chi connectivity index (χ2n) is 7.65. The third-order valence-electron chi connectivity index (χ3n) is 5.86. The molecule has 0 bridgehead atoms. The lowest BCUT2D eigenvalue weighted by molar-refractivity contribution is -0.275. The van der Waals surface area contributed by atoms with E-state index in [1.54, 1.807) is 11.6 Å². The molecule has 0 aromatic carbocycles. The van der Waals surface area contributed by atoms with E-state index in [9.17, 15) is 27.9 Å². The van der Waals surface area contributed by atoms with Crippen molar-refractivity contribution in [3.63, 3.8) is 0 Å². The van der Waals surface area contributed by atoms with Gasteiger partial charge in [0.25, 0.3) is 5.56 Å². The van der Waals surface area contributed by atoms with Gasteiger partial charge < -0.3 is 9.67 Å². The van der Waals surface area contributed by atoms with E-state index < -0.39 is 28.9 Å². The summed E-state index contributed by atoms with van der Waals surface area (Å²) in [5.74, 6) is -0.978. The Labute approximate surface area is 153 Å². The molecule has 3 rings (SSSR count). The molecule has 1 saturated carbocycles. The number of nitrogens with zero attached hydrogens (tertiary/aromatic N) is 4. The number of fused-ring (bicyclic) bond motifs is 1. The van der Waals surface area contributed by atoms with Crippen molar-refractivity contribution in [2.75, 3.05) is 0 Å². The number of rotatable bonds is 3. The minimum Gasteiger partial charge on any atom is -0.380 e. The lowest BCUT2D eigenvalue weighted by Crippen LogP contribution is -2.50. The average Bonchev–Trinajstić information content (AvgIpc) is 2.98. The number of hydrogen-bond donors (Lipinski definition) is 1. The molecule has 1 N–H and O–H groups in total. The van der Waals surface area contributed by atoms with Gasteiger partial charge in [-0.15, -0.1) is 0 Å². The zero-order chi connectivity index (χ0) is 20.1. The Hall–Kier alpha value is -2.10. The van der Waals surface area contributed by atoms with Crippen LogP contribution in [0.4, 0.5) is 13.2 Å². The Kier molecular flexibility index (Phi) is 4.73. The summed E-state index contributed by atoms with van der Waals surface area (Å²) >= 11 is 0. The molecule has 2 aromatic rings. The van der Waals surface area contributed by atoms with Gasteiger partial charge in [0.1, 0.15) is 0 Å². The maximum absolute atomic E-state index is 13.0. The molecule has 1 aliphatic carbocycles. The third-order valence-corrected chi connectivity index (χ3v) is 5.86. The smallest absolute Gasteiger partial charge is 0.380 e. The summed E-state index contributed by atoms with van der Waals surface area (Å²) in [6.45, 7) is 0.960. The predicted molar refractivity (Wildman–Crippen MR) is 92.3 cm³/mol. The first-order valence-electron chi connectivity index (χ1n) is 8.85. The Morgan fingerprint density at radius 2 is 1.78 bits per heavy atom. The van der Waals surface area contributed by atoms with Gasteiger partial charge >= 0.3 is 11.9 Å². The van der Waals surface area contributed by atoms with Gasteiger partial charge in [0.2, 0.25) is 0 Å². The van der Waals surface area contributed by atoms with E-state index in [4.69, 9.17) is 0 Å². The number of aliphatic hydroxyl groups is 1. The topological polar surface area (TPSA) is 82.1 Å². The van der Waals surface area contributed by atoms with Crippen molar-refractivity contribution < 1.29 is 18.3 Å². The lowest BCUT2D eigenvalue weighted by atomic mass is 9.74. The van der Waals surface area contributed by atoms with Gasteiger partial charge in [-0.2, -0.15) is 13.2 Å². The van der Waals surface area contributed by atoms with E-state index in [0.717, 1.165) is 11.5 Å². The van der Waals surface area contributed by atoms with Crippen LogP contribution in [0, 0.1) is 11.8 Å². The summed E-state index contributed by atoms with van der Waals surface area (Å²) in [6.07, 6.45) is -2.01. The van der Waals surface area contributed by atoms with E-state index >= 15 is 0 Å². The molecular weight excluding hydrogens is 365 g/mol. The summed E-state index contributed by atoms with van der Waals surface area (Å²) in [5, 5.41) is 9.86. The monoisotopic (exact) mass is 388 g/mol. The first kappa shape index (κ1) is 19.7. The normalized spacial score (nSPS) is 23.5. The van der Waals surface area contributed by atoms with Gasteiger partial charge in [0, 0.05) is 20.6 Å². The number of imidazole rings is 1. The molecule has 1 unspecified atom stereocenters. The van der Waals surface area contributed by atoms with E-state index in [1.807, 2.05) is 0 Å². The van der Waals surface area contributed by atoms with Crippen molar-refractivity contribution in [3.05, 3.63) is 27.2 Å². The van der Waals surface area contributed by atoms with E-state index in [-0.39, 0.29) is 25.3 Å². The SMILES string of the molecule is Cn1cnc2c1c(=O)n(CC1CCC(C(C)(O)C(F)(F)F)CC1)c(=O)n2C. The molecular formula is C17H23F3N4O3. The highest BCUT2D eigenvalue weighted by atomic mass is 19.4. The standard InChI is InChI=1S/C17H23F3N4O3/c1-16(27,17(18,19)20)11-6-4-10(5-7-11)8-24-14(25)12-13(21-9-22(12)2)23(3)15(24)26/h9-11,27H,4-8H2,1-3H3. The molecule has 0 radical (unpaired) electrons. The first-order chi connectivity index (χ1) is 12.4. The summed E-state index contributed by atoms with van der Waals surface area (Å²) in [5.41, 5.74) is -3.05. The number of halogens is 3. The number of alkyl halides is 3. The van der Waals surface area contributed by atoms with Gasteiger partial charge in [-0.3, -0.25) is 13.9 Å². The fourth-order valence-corrected chi connectivity index (χ4v) is 3.95. The highest BCUT2D eigenvalue weighted by Crippen LogP contribution is 2.43. The molecule has 0 amide bonds. The maximum atomic E-state index is 13.0. The number of hydrogen-bond acceptors (Lipinski definition) is 4. The molecule has 2 aromatic heterocycles. The molecule has 1 fully saturated rings. The van der Waals surface area contributed by atoms with E-state index in [1.165, 1.54) is 17.9 Å². The summed E-state index contributed by atoms with van der Waals surface area (Å²) in [6, 6.07) is 0. The quantitative estimate of drug-likeness (QED) is 0.865. The molecule has 0 aliphatic heterocycles. The van der Waals surface area contributed by atoms with Gasteiger partial charge in [0.15, 0.2) is 16.8 Å². The van der Waals surface area contributed by atoms with Crippen LogP contribution in [0.15, 0.2) is 15.9 Å². The third kappa shape index (κ3) is 3.19. The van der Waals surface area contributed by atoms with Crippen LogP contribution in [0.1, 0.15) is 32.6 Å². The minimum absolute atomic E-state index is 0.0960. The average molecular weight is 388 g/mol. The van der Waals surface area contributed by atoms with Crippen LogP contribution in [0.2, 0.25) is 0 Å². The van der Waals surface area contributed by atoms with Crippen LogP contribution in [0.3, 0.4) is 0 Å². The Morgan fingerprint density at radius 1 is 1.19 bits per heavy atom. The van der Waals surface area contributed by atoms with Crippen LogP contribution >= 0.6 is 0 Å². The molecule has 150 valence electrons. The highest BCUT2D eigenvalue weighted by molar-refractivity contribution is 5.69. The fourth-order valence-electron chi connectivity index (χ4n) is 3.95. The van der Waals surface area contributed by atoms with Crippen LogP contribution in [-0.4, -0.2) is 35.6 Å². The van der Waals surface area contributed by atoms with Gasteiger partial charge in [0.05, 0.1) is 6.33 Å². The maximum Gasteiger partial charge on any atom is 0.417 e. The Morgan fingerprint density at radius 3 is 2.33 bits per heavy atom. The largest absolute Gasteiger partial charge is 0.417 e. The van der Waals surface area contributed by atoms with Crippen molar-refractivity contribution in [2.45, 2.75) is 50.9 Å². The zero-order valence-electron chi connectivity index (χ0n) is 15.5. The van der Waals surface area contributed by atoms with Crippen molar-refractivity contribution in [1.29, 1.82) is 0 Å². The molecule has 0 saturated heterocycles. The van der Waals surface area contributed by atoms with Gasteiger partial charge in [-0.25, -0.2) is 9.78 Å². The highest BCUT2D eigenvalue weighted by Gasteiger charge is 2.54. The fraction of sp³-hybridized carbons (Fsp3) is 0.706. The molecule has 0 spiro atoms. The van der Waals surface area contributed by atoms with E-state index in [2.05, 4.69) is 4.98 Å².